The number of amides is 1. The molecule has 0 aliphatic rings. The van der Waals surface area contributed by atoms with Crippen molar-refractivity contribution in [2.24, 2.45) is 0 Å². The molecule has 0 saturated heterocycles. The summed E-state index contributed by atoms with van der Waals surface area (Å²) in [5.41, 5.74) is 0.488. The first kappa shape index (κ1) is 19.3. The van der Waals surface area contributed by atoms with Gasteiger partial charge in [-0.05, 0) is 29.8 Å². The number of carbonyl (C=O) groups is 1. The van der Waals surface area contributed by atoms with Crippen LogP contribution in [0.3, 0.4) is 0 Å². The Morgan fingerprint density at radius 2 is 1.96 bits per heavy atom. The maximum atomic E-state index is 12.4. The second kappa shape index (κ2) is 8.91. The van der Waals surface area contributed by atoms with Crippen molar-refractivity contribution in [3.8, 4) is 5.75 Å². The van der Waals surface area contributed by atoms with Gasteiger partial charge in [0, 0.05) is 35.3 Å². The quantitative estimate of drug-likeness (QED) is 0.442. The Bertz CT molecular complexity index is 826. The first-order valence-corrected chi connectivity index (χ1v) is 7.66. The van der Waals surface area contributed by atoms with E-state index in [9.17, 15) is 23.7 Å². The van der Waals surface area contributed by atoms with Crippen LogP contribution in [0.4, 0.5) is 14.5 Å². The molecule has 0 saturated carbocycles. The highest BCUT2D eigenvalue weighted by atomic mass is 35.5. The number of rotatable bonds is 7. The Morgan fingerprint density at radius 1 is 1.27 bits per heavy atom. The zero-order valence-corrected chi connectivity index (χ0v) is 14.0. The summed E-state index contributed by atoms with van der Waals surface area (Å²) >= 11 is 5.77. The zero-order valence-electron chi connectivity index (χ0n) is 13.2. The van der Waals surface area contributed by atoms with Gasteiger partial charge >= 0.3 is 6.61 Å². The fourth-order valence-corrected chi connectivity index (χ4v) is 2.12. The fourth-order valence-electron chi connectivity index (χ4n) is 2.00. The molecule has 0 aliphatic heterocycles. The number of nitro groups is 1. The van der Waals surface area contributed by atoms with E-state index in [0.29, 0.717) is 5.02 Å². The van der Waals surface area contributed by atoms with E-state index < -0.39 is 17.4 Å². The average Bonchev–Trinajstić information content (AvgIpc) is 2.59. The van der Waals surface area contributed by atoms with Gasteiger partial charge in [0.15, 0.2) is 0 Å². The largest absolute Gasteiger partial charge is 0.434 e. The van der Waals surface area contributed by atoms with Gasteiger partial charge in [0.25, 0.3) is 5.69 Å². The molecule has 0 aliphatic carbocycles. The number of carbonyl (C=O) groups excluding carboxylic acids is 1. The van der Waals surface area contributed by atoms with Crippen LogP contribution < -0.4 is 10.1 Å². The standard InChI is InChI=1S/C17H13ClF2N2O4/c18-13-4-1-11(2-5-13)10-21-16(23)8-3-12-9-14(22(24)25)6-7-15(12)26-17(19)20/h1-9,17H,10H2,(H,21,23)/b8-3+. The van der Waals surface area contributed by atoms with Crippen LogP contribution in [0.5, 0.6) is 5.75 Å². The highest BCUT2D eigenvalue weighted by molar-refractivity contribution is 6.30. The molecular formula is C17H13ClF2N2O4. The zero-order chi connectivity index (χ0) is 19.1. The molecule has 0 atom stereocenters. The van der Waals surface area contributed by atoms with Crippen LogP contribution in [-0.2, 0) is 11.3 Å². The lowest BCUT2D eigenvalue weighted by Crippen LogP contribution is -2.20. The van der Waals surface area contributed by atoms with E-state index in [1.165, 1.54) is 6.08 Å². The molecule has 0 heterocycles. The van der Waals surface area contributed by atoms with Gasteiger partial charge in [-0.2, -0.15) is 8.78 Å². The third-order valence-electron chi connectivity index (χ3n) is 3.21. The minimum atomic E-state index is -3.10. The fraction of sp³-hybridized carbons (Fsp3) is 0.118. The SMILES string of the molecule is O=C(/C=C/c1cc([N+](=O)[O-])ccc1OC(F)F)NCc1ccc(Cl)cc1. The van der Waals surface area contributed by atoms with E-state index in [1.807, 2.05) is 0 Å². The summed E-state index contributed by atoms with van der Waals surface area (Å²) < 4.78 is 29.2. The predicted octanol–water partition coefficient (Wildman–Crippen LogP) is 4.18. The van der Waals surface area contributed by atoms with E-state index in [4.69, 9.17) is 11.6 Å². The lowest BCUT2D eigenvalue weighted by atomic mass is 10.1. The number of benzene rings is 2. The molecule has 0 fully saturated rings. The van der Waals surface area contributed by atoms with Gasteiger partial charge in [-0.15, -0.1) is 0 Å². The van der Waals surface area contributed by atoms with Crippen LogP contribution in [-0.4, -0.2) is 17.4 Å². The minimum absolute atomic E-state index is 0.0128. The Hall–Kier alpha value is -3.00. The van der Waals surface area contributed by atoms with Gasteiger partial charge in [-0.3, -0.25) is 14.9 Å². The predicted molar refractivity (Wildman–Crippen MR) is 92.1 cm³/mol. The van der Waals surface area contributed by atoms with Gasteiger partial charge in [-0.25, -0.2) is 0 Å². The van der Waals surface area contributed by atoms with Crippen molar-refractivity contribution in [2.45, 2.75) is 13.2 Å². The number of nitro benzene ring substituents is 1. The molecule has 9 heteroatoms. The third-order valence-corrected chi connectivity index (χ3v) is 3.47. The normalized spacial score (nSPS) is 10.9. The average molecular weight is 383 g/mol. The summed E-state index contributed by atoms with van der Waals surface area (Å²) in [4.78, 5) is 22.0. The van der Waals surface area contributed by atoms with Crippen LogP contribution in [0.2, 0.25) is 5.02 Å². The van der Waals surface area contributed by atoms with Crippen molar-refractivity contribution in [1.82, 2.24) is 5.32 Å². The van der Waals surface area contributed by atoms with E-state index in [2.05, 4.69) is 10.1 Å². The Labute approximate surface area is 152 Å². The van der Waals surface area contributed by atoms with Crippen LogP contribution in [0, 0.1) is 10.1 Å². The van der Waals surface area contributed by atoms with Crippen molar-refractivity contribution in [3.63, 3.8) is 0 Å². The molecule has 0 spiro atoms. The number of hydrogen-bond donors (Lipinski definition) is 1. The molecule has 6 nitrogen and oxygen atoms in total. The van der Waals surface area contributed by atoms with Gasteiger partial charge < -0.3 is 10.1 Å². The molecule has 0 radical (unpaired) electrons. The Balaban J connectivity index is 2.08. The van der Waals surface area contributed by atoms with E-state index in [-0.39, 0.29) is 23.5 Å². The van der Waals surface area contributed by atoms with Crippen molar-refractivity contribution < 1.29 is 23.2 Å². The number of non-ortho nitro benzene ring substituents is 1. The minimum Gasteiger partial charge on any atom is -0.434 e. The van der Waals surface area contributed by atoms with Crippen molar-refractivity contribution in [2.75, 3.05) is 0 Å². The van der Waals surface area contributed by atoms with Gasteiger partial charge in [-0.1, -0.05) is 23.7 Å². The first-order valence-electron chi connectivity index (χ1n) is 7.29. The monoisotopic (exact) mass is 382 g/mol. The van der Waals surface area contributed by atoms with Gasteiger partial charge in [0.2, 0.25) is 5.91 Å². The number of alkyl halides is 2. The highest BCUT2D eigenvalue weighted by Gasteiger charge is 2.13. The van der Waals surface area contributed by atoms with E-state index in [0.717, 1.165) is 29.8 Å². The number of ether oxygens (including phenoxy) is 1. The Morgan fingerprint density at radius 3 is 2.58 bits per heavy atom. The summed E-state index contributed by atoms with van der Waals surface area (Å²) in [7, 11) is 0. The van der Waals surface area contributed by atoms with E-state index >= 15 is 0 Å². The summed E-state index contributed by atoms with van der Waals surface area (Å²) in [6.07, 6.45) is 2.25. The second-order valence-corrected chi connectivity index (χ2v) is 5.47. The number of hydrogen-bond acceptors (Lipinski definition) is 4. The molecule has 0 unspecified atom stereocenters. The lowest BCUT2D eigenvalue weighted by Gasteiger charge is -2.08. The summed E-state index contributed by atoms with van der Waals surface area (Å²) in [6, 6.07) is 9.96. The molecule has 26 heavy (non-hydrogen) atoms. The summed E-state index contributed by atoms with van der Waals surface area (Å²) in [5.74, 6) is -0.776. The number of nitrogens with one attached hydrogen (secondary N) is 1. The molecule has 2 aromatic carbocycles. The molecule has 2 aromatic rings. The number of nitrogens with zero attached hydrogens (tertiary/aromatic N) is 1. The summed E-state index contributed by atoms with van der Waals surface area (Å²) in [5, 5.41) is 14.0. The molecule has 1 amide bonds. The lowest BCUT2D eigenvalue weighted by molar-refractivity contribution is -0.384. The van der Waals surface area contributed by atoms with Crippen LogP contribution in [0.25, 0.3) is 6.08 Å². The van der Waals surface area contributed by atoms with Gasteiger partial charge in [0.1, 0.15) is 5.75 Å². The summed E-state index contributed by atoms with van der Waals surface area (Å²) in [6.45, 7) is -2.86. The third kappa shape index (κ3) is 5.82. The molecule has 136 valence electrons. The molecule has 2 rings (SSSR count). The van der Waals surface area contributed by atoms with Crippen LogP contribution in [0.1, 0.15) is 11.1 Å². The van der Waals surface area contributed by atoms with Gasteiger partial charge in [0.05, 0.1) is 4.92 Å². The molecular weight excluding hydrogens is 370 g/mol. The first-order chi connectivity index (χ1) is 12.3. The molecule has 0 aromatic heterocycles. The van der Waals surface area contributed by atoms with E-state index in [1.54, 1.807) is 24.3 Å². The Kier molecular flexibility index (Phi) is 6.62. The van der Waals surface area contributed by atoms with Crippen LogP contribution in [0.15, 0.2) is 48.5 Å². The maximum absolute atomic E-state index is 12.4. The second-order valence-electron chi connectivity index (χ2n) is 5.04. The number of halogens is 3. The van der Waals surface area contributed by atoms with Crippen molar-refractivity contribution in [1.29, 1.82) is 0 Å². The highest BCUT2D eigenvalue weighted by Crippen LogP contribution is 2.26. The maximum Gasteiger partial charge on any atom is 0.387 e. The van der Waals surface area contributed by atoms with Crippen molar-refractivity contribution in [3.05, 3.63) is 74.8 Å². The smallest absolute Gasteiger partial charge is 0.387 e. The molecule has 0 bridgehead atoms. The molecule has 1 N–H and O–H groups in total. The van der Waals surface area contributed by atoms with Crippen molar-refractivity contribution >= 4 is 29.3 Å². The van der Waals surface area contributed by atoms with Crippen LogP contribution >= 0.6 is 11.6 Å². The topological polar surface area (TPSA) is 81.5 Å².